The quantitative estimate of drug-likeness (QED) is 0.841. The molecule has 0 heterocycles. The van der Waals surface area contributed by atoms with E-state index >= 15 is 0 Å². The Balaban J connectivity index is 2.22. The lowest BCUT2D eigenvalue weighted by Crippen LogP contribution is -2.31. The molecule has 0 bridgehead atoms. The third-order valence-corrected chi connectivity index (χ3v) is 3.75. The molecule has 1 aliphatic carbocycles. The number of aryl methyl sites for hydroxylation is 1. The minimum atomic E-state index is 0.0359. The zero-order valence-corrected chi connectivity index (χ0v) is 11.2. The first-order chi connectivity index (χ1) is 7.97. The highest BCUT2D eigenvalue weighted by atomic mass is 16.5. The van der Waals surface area contributed by atoms with E-state index in [-0.39, 0.29) is 5.54 Å². The van der Waals surface area contributed by atoms with Crippen LogP contribution in [-0.4, -0.2) is 19.2 Å². The smallest absolute Gasteiger partial charge is 0.125 e. The number of hydrogen-bond donors (Lipinski definition) is 2. The maximum absolute atomic E-state index is 6.09. The molecule has 0 aromatic heterocycles. The van der Waals surface area contributed by atoms with Crippen LogP contribution in [0.25, 0.3) is 0 Å². The van der Waals surface area contributed by atoms with E-state index in [0.29, 0.717) is 0 Å². The van der Waals surface area contributed by atoms with Gasteiger partial charge < -0.3 is 15.8 Å². The molecule has 0 aliphatic heterocycles. The van der Waals surface area contributed by atoms with Crippen LogP contribution in [0.1, 0.15) is 29.5 Å². The minimum absolute atomic E-state index is 0.0359. The fraction of sp³-hybridized carbons (Fsp3) is 0.571. The number of hydrogen-bond acceptors (Lipinski definition) is 3. The molecule has 3 nitrogen and oxygen atoms in total. The Morgan fingerprint density at radius 3 is 2.47 bits per heavy atom. The highest BCUT2D eigenvalue weighted by molar-refractivity contribution is 5.61. The molecule has 1 aromatic carbocycles. The van der Waals surface area contributed by atoms with Gasteiger partial charge in [0.15, 0.2) is 0 Å². The Labute approximate surface area is 103 Å². The molecule has 0 spiro atoms. The van der Waals surface area contributed by atoms with E-state index in [2.05, 4.69) is 32.2 Å². The number of methoxy groups -OCH3 is 1. The Hall–Kier alpha value is -1.22. The Bertz CT molecular complexity index is 436. The van der Waals surface area contributed by atoms with Crippen molar-refractivity contribution < 1.29 is 4.74 Å². The van der Waals surface area contributed by atoms with Gasteiger partial charge in [0.2, 0.25) is 0 Å². The van der Waals surface area contributed by atoms with Gasteiger partial charge in [-0.05, 0) is 56.4 Å². The molecule has 17 heavy (non-hydrogen) atoms. The summed E-state index contributed by atoms with van der Waals surface area (Å²) in [5.74, 6) is 0.988. The van der Waals surface area contributed by atoms with Crippen molar-refractivity contribution in [2.24, 2.45) is 5.73 Å². The second-order valence-corrected chi connectivity index (χ2v) is 5.24. The number of nitrogens with one attached hydrogen (secondary N) is 1. The molecule has 2 rings (SSSR count). The molecule has 0 radical (unpaired) electrons. The van der Waals surface area contributed by atoms with Gasteiger partial charge in [0, 0.05) is 17.8 Å². The third-order valence-electron chi connectivity index (χ3n) is 3.75. The van der Waals surface area contributed by atoms with Gasteiger partial charge in [-0.2, -0.15) is 0 Å². The van der Waals surface area contributed by atoms with Crippen molar-refractivity contribution >= 4 is 5.69 Å². The summed E-state index contributed by atoms with van der Waals surface area (Å²) in [5.41, 5.74) is 10.9. The molecule has 0 unspecified atom stereocenters. The van der Waals surface area contributed by atoms with E-state index in [1.807, 2.05) is 0 Å². The Kier molecular flexibility index (Phi) is 3.04. The van der Waals surface area contributed by atoms with Crippen LogP contribution in [0.5, 0.6) is 5.75 Å². The monoisotopic (exact) mass is 234 g/mol. The van der Waals surface area contributed by atoms with Gasteiger partial charge in [0.1, 0.15) is 5.75 Å². The first-order valence-corrected chi connectivity index (χ1v) is 6.14. The van der Waals surface area contributed by atoms with Gasteiger partial charge in [-0.15, -0.1) is 0 Å². The zero-order chi connectivity index (χ0) is 12.6. The predicted molar refractivity (Wildman–Crippen MR) is 71.8 cm³/mol. The second kappa shape index (κ2) is 4.22. The summed E-state index contributed by atoms with van der Waals surface area (Å²) in [4.78, 5) is 0. The van der Waals surface area contributed by atoms with Crippen LogP contribution in [0.3, 0.4) is 0 Å². The first-order valence-electron chi connectivity index (χ1n) is 6.14. The van der Waals surface area contributed by atoms with Crippen LogP contribution < -0.4 is 15.8 Å². The molecule has 1 fully saturated rings. The summed E-state index contributed by atoms with van der Waals surface area (Å²) in [5, 5.41) is 3.47. The van der Waals surface area contributed by atoms with E-state index in [1.165, 1.54) is 22.4 Å². The van der Waals surface area contributed by atoms with Gasteiger partial charge in [-0.1, -0.05) is 0 Å². The maximum Gasteiger partial charge on any atom is 0.125 e. The van der Waals surface area contributed by atoms with Crippen molar-refractivity contribution in [3.8, 4) is 5.75 Å². The molecule has 3 heteroatoms. The van der Waals surface area contributed by atoms with Crippen molar-refractivity contribution in [3.63, 3.8) is 0 Å². The third kappa shape index (κ3) is 2.39. The van der Waals surface area contributed by atoms with Crippen molar-refractivity contribution in [1.29, 1.82) is 0 Å². The van der Waals surface area contributed by atoms with Crippen LogP contribution in [0, 0.1) is 20.8 Å². The molecular weight excluding hydrogens is 212 g/mol. The van der Waals surface area contributed by atoms with Crippen molar-refractivity contribution in [3.05, 3.63) is 22.8 Å². The number of ether oxygens (including phenoxy) is 1. The minimum Gasteiger partial charge on any atom is -0.496 e. The number of rotatable bonds is 4. The van der Waals surface area contributed by atoms with E-state index < -0.39 is 0 Å². The summed E-state index contributed by atoms with van der Waals surface area (Å²) in [6.45, 7) is 7.16. The van der Waals surface area contributed by atoms with E-state index in [0.717, 1.165) is 25.1 Å². The molecule has 1 aliphatic rings. The fourth-order valence-electron chi connectivity index (χ4n) is 2.16. The van der Waals surface area contributed by atoms with Crippen LogP contribution in [0.2, 0.25) is 0 Å². The summed E-state index contributed by atoms with van der Waals surface area (Å²) in [7, 11) is 1.72. The SMILES string of the molecule is COc1c(C)cc(NCC2(N)CC2)c(C)c1C. The number of benzene rings is 1. The molecule has 0 amide bonds. The second-order valence-electron chi connectivity index (χ2n) is 5.24. The summed E-state index contributed by atoms with van der Waals surface area (Å²) >= 11 is 0. The molecule has 1 aromatic rings. The highest BCUT2D eigenvalue weighted by Crippen LogP contribution is 2.35. The van der Waals surface area contributed by atoms with E-state index in [4.69, 9.17) is 10.5 Å². The van der Waals surface area contributed by atoms with Gasteiger partial charge in [-0.3, -0.25) is 0 Å². The first kappa shape index (κ1) is 12.2. The molecule has 94 valence electrons. The zero-order valence-electron chi connectivity index (χ0n) is 11.2. The van der Waals surface area contributed by atoms with Gasteiger partial charge >= 0.3 is 0 Å². The van der Waals surface area contributed by atoms with Gasteiger partial charge in [0.05, 0.1) is 7.11 Å². The lowest BCUT2D eigenvalue weighted by Gasteiger charge is -2.18. The molecule has 0 atom stereocenters. The van der Waals surface area contributed by atoms with Gasteiger partial charge in [-0.25, -0.2) is 0 Å². The van der Waals surface area contributed by atoms with Crippen LogP contribution >= 0.6 is 0 Å². The Morgan fingerprint density at radius 1 is 1.29 bits per heavy atom. The van der Waals surface area contributed by atoms with Crippen LogP contribution in [0.15, 0.2) is 6.07 Å². The highest BCUT2D eigenvalue weighted by Gasteiger charge is 2.37. The summed E-state index contributed by atoms with van der Waals surface area (Å²) < 4.78 is 5.42. The predicted octanol–water partition coefficient (Wildman–Crippen LogP) is 2.52. The van der Waals surface area contributed by atoms with Crippen molar-refractivity contribution in [2.75, 3.05) is 19.0 Å². The van der Waals surface area contributed by atoms with Gasteiger partial charge in [0.25, 0.3) is 0 Å². The topological polar surface area (TPSA) is 47.3 Å². The van der Waals surface area contributed by atoms with E-state index in [1.54, 1.807) is 7.11 Å². The summed E-state index contributed by atoms with van der Waals surface area (Å²) in [6.07, 6.45) is 2.26. The van der Waals surface area contributed by atoms with Crippen molar-refractivity contribution in [1.82, 2.24) is 0 Å². The lowest BCUT2D eigenvalue weighted by molar-refractivity contribution is 0.408. The Morgan fingerprint density at radius 2 is 1.94 bits per heavy atom. The fourth-order valence-corrected chi connectivity index (χ4v) is 2.16. The molecule has 3 N–H and O–H groups in total. The average molecular weight is 234 g/mol. The largest absolute Gasteiger partial charge is 0.496 e. The standard InChI is InChI=1S/C14H22N2O/c1-9-7-12(16-8-14(15)5-6-14)10(2)11(3)13(9)17-4/h7,16H,5-6,8,15H2,1-4H3. The normalized spacial score (nSPS) is 16.8. The van der Waals surface area contributed by atoms with Crippen LogP contribution in [-0.2, 0) is 0 Å². The molecular formula is C14H22N2O. The number of nitrogens with two attached hydrogens (primary N) is 1. The van der Waals surface area contributed by atoms with Crippen molar-refractivity contribution in [2.45, 2.75) is 39.2 Å². The van der Waals surface area contributed by atoms with E-state index in [9.17, 15) is 0 Å². The summed E-state index contributed by atoms with van der Waals surface area (Å²) in [6, 6.07) is 2.15. The molecule has 0 saturated heterocycles. The van der Waals surface area contributed by atoms with Crippen LogP contribution in [0.4, 0.5) is 5.69 Å². The average Bonchev–Trinajstić information content (AvgIpc) is 3.01. The number of anilines is 1. The molecule has 1 saturated carbocycles. The maximum atomic E-state index is 6.09. The lowest BCUT2D eigenvalue weighted by atomic mass is 10.0.